The number of morpholine rings is 1. The summed E-state index contributed by atoms with van der Waals surface area (Å²) in [5.74, 6) is 0. The van der Waals surface area contributed by atoms with Crippen molar-refractivity contribution in [2.24, 2.45) is 0 Å². The summed E-state index contributed by atoms with van der Waals surface area (Å²) in [4.78, 5) is 7.78. The van der Waals surface area contributed by atoms with Crippen LogP contribution in [-0.4, -0.2) is 98.9 Å². The van der Waals surface area contributed by atoms with E-state index in [1.165, 1.54) is 52.1 Å². The SMILES string of the molecule is C[C@@H]1CNC[C@@H](CN2CCN(C3CCN(C)CC3)CC2)O1. The van der Waals surface area contributed by atoms with Crippen molar-refractivity contribution in [3.8, 4) is 0 Å². The first-order valence-corrected chi connectivity index (χ1v) is 8.72. The largest absolute Gasteiger partial charge is 0.371 e. The highest BCUT2D eigenvalue weighted by Crippen LogP contribution is 2.18. The van der Waals surface area contributed by atoms with E-state index >= 15 is 0 Å². The van der Waals surface area contributed by atoms with E-state index in [4.69, 9.17) is 4.74 Å². The zero-order valence-electron chi connectivity index (χ0n) is 13.8. The van der Waals surface area contributed by atoms with Crippen molar-refractivity contribution >= 4 is 0 Å². The predicted molar refractivity (Wildman–Crippen MR) is 85.7 cm³/mol. The van der Waals surface area contributed by atoms with E-state index in [2.05, 4.69) is 34.0 Å². The van der Waals surface area contributed by atoms with Crippen LogP contribution in [0.4, 0.5) is 0 Å². The van der Waals surface area contributed by atoms with Crippen molar-refractivity contribution in [2.75, 3.05) is 66.0 Å². The monoisotopic (exact) mass is 296 g/mol. The number of piperidine rings is 1. The third kappa shape index (κ3) is 4.39. The topological polar surface area (TPSA) is 31.0 Å². The molecule has 5 nitrogen and oxygen atoms in total. The number of hydrogen-bond acceptors (Lipinski definition) is 5. The second-order valence-electron chi connectivity index (χ2n) is 7.10. The maximum atomic E-state index is 6.02. The van der Waals surface area contributed by atoms with Gasteiger partial charge < -0.3 is 15.0 Å². The molecule has 0 unspecified atom stereocenters. The fourth-order valence-electron chi connectivity index (χ4n) is 3.94. The first-order chi connectivity index (χ1) is 10.2. The van der Waals surface area contributed by atoms with Gasteiger partial charge in [0.25, 0.3) is 0 Å². The van der Waals surface area contributed by atoms with Gasteiger partial charge in [0.15, 0.2) is 0 Å². The molecule has 0 aliphatic carbocycles. The van der Waals surface area contributed by atoms with E-state index < -0.39 is 0 Å². The summed E-state index contributed by atoms with van der Waals surface area (Å²) in [6.07, 6.45) is 3.45. The van der Waals surface area contributed by atoms with Gasteiger partial charge in [0.2, 0.25) is 0 Å². The van der Waals surface area contributed by atoms with E-state index in [-0.39, 0.29) is 0 Å². The molecule has 122 valence electrons. The van der Waals surface area contributed by atoms with E-state index in [1.807, 2.05) is 0 Å². The average Bonchev–Trinajstić information content (AvgIpc) is 2.49. The highest BCUT2D eigenvalue weighted by molar-refractivity contribution is 4.84. The molecule has 5 heteroatoms. The molecule has 3 fully saturated rings. The molecular formula is C16H32N4O. The fourth-order valence-corrected chi connectivity index (χ4v) is 3.94. The summed E-state index contributed by atoms with van der Waals surface area (Å²) in [7, 11) is 2.24. The molecule has 0 aromatic heterocycles. The van der Waals surface area contributed by atoms with Crippen LogP contribution in [0.25, 0.3) is 0 Å². The Labute approximate surface area is 129 Å². The minimum absolute atomic E-state index is 0.365. The molecule has 0 saturated carbocycles. The highest BCUT2D eigenvalue weighted by atomic mass is 16.5. The van der Waals surface area contributed by atoms with Gasteiger partial charge in [0.1, 0.15) is 0 Å². The van der Waals surface area contributed by atoms with E-state index in [0.29, 0.717) is 12.2 Å². The number of nitrogens with zero attached hydrogens (tertiary/aromatic N) is 3. The van der Waals surface area contributed by atoms with Crippen molar-refractivity contribution in [3.05, 3.63) is 0 Å². The van der Waals surface area contributed by atoms with Crippen LogP contribution < -0.4 is 5.32 Å². The number of nitrogens with one attached hydrogen (secondary N) is 1. The third-order valence-corrected chi connectivity index (χ3v) is 5.30. The number of piperazine rings is 1. The molecule has 0 radical (unpaired) electrons. The van der Waals surface area contributed by atoms with E-state index in [1.54, 1.807) is 0 Å². The smallest absolute Gasteiger partial charge is 0.0830 e. The Kier molecular flexibility index (Phi) is 5.51. The fraction of sp³-hybridized carbons (Fsp3) is 1.00. The lowest BCUT2D eigenvalue weighted by Gasteiger charge is -2.43. The molecule has 21 heavy (non-hydrogen) atoms. The van der Waals surface area contributed by atoms with Crippen LogP contribution in [0.15, 0.2) is 0 Å². The minimum Gasteiger partial charge on any atom is -0.371 e. The van der Waals surface area contributed by atoms with E-state index in [9.17, 15) is 0 Å². The minimum atomic E-state index is 0.365. The zero-order chi connectivity index (χ0) is 14.7. The Bertz CT molecular complexity index is 311. The van der Waals surface area contributed by atoms with Gasteiger partial charge in [-0.3, -0.25) is 9.80 Å². The molecule has 3 aliphatic heterocycles. The van der Waals surface area contributed by atoms with Crippen molar-refractivity contribution in [3.63, 3.8) is 0 Å². The molecule has 3 saturated heterocycles. The molecule has 1 N–H and O–H groups in total. The van der Waals surface area contributed by atoms with E-state index in [0.717, 1.165) is 25.7 Å². The van der Waals surface area contributed by atoms with Crippen LogP contribution in [0.1, 0.15) is 19.8 Å². The van der Waals surface area contributed by atoms with Crippen LogP contribution in [0.2, 0.25) is 0 Å². The van der Waals surface area contributed by atoms with Gasteiger partial charge in [-0.1, -0.05) is 0 Å². The Morgan fingerprint density at radius 3 is 2.38 bits per heavy atom. The zero-order valence-corrected chi connectivity index (χ0v) is 13.8. The molecule has 0 aromatic carbocycles. The van der Waals surface area contributed by atoms with Crippen LogP contribution in [0, 0.1) is 0 Å². The van der Waals surface area contributed by atoms with Crippen molar-refractivity contribution < 1.29 is 4.74 Å². The van der Waals surface area contributed by atoms with Crippen LogP contribution in [0.3, 0.4) is 0 Å². The summed E-state index contributed by atoms with van der Waals surface area (Å²) < 4.78 is 6.02. The first kappa shape index (κ1) is 15.7. The number of hydrogen-bond donors (Lipinski definition) is 1. The van der Waals surface area contributed by atoms with Crippen molar-refractivity contribution in [1.29, 1.82) is 0 Å². The standard InChI is InChI=1S/C16H32N4O/c1-14-11-17-12-16(21-14)13-19-7-9-20(10-8-19)15-3-5-18(2)6-4-15/h14-17H,3-13H2,1-2H3/t14-,16+/m1/s1. The number of ether oxygens (including phenoxy) is 1. The second kappa shape index (κ2) is 7.38. The van der Waals surface area contributed by atoms with Crippen LogP contribution >= 0.6 is 0 Å². The Morgan fingerprint density at radius 1 is 1.00 bits per heavy atom. The molecule has 0 bridgehead atoms. The van der Waals surface area contributed by atoms with Gasteiger partial charge in [0, 0.05) is 51.9 Å². The molecule has 0 aromatic rings. The highest BCUT2D eigenvalue weighted by Gasteiger charge is 2.28. The van der Waals surface area contributed by atoms with Crippen LogP contribution in [0.5, 0.6) is 0 Å². The van der Waals surface area contributed by atoms with Gasteiger partial charge in [-0.15, -0.1) is 0 Å². The Balaban J connectivity index is 1.38. The third-order valence-electron chi connectivity index (χ3n) is 5.30. The lowest BCUT2D eigenvalue weighted by molar-refractivity contribution is -0.0498. The van der Waals surface area contributed by atoms with Crippen molar-refractivity contribution in [1.82, 2.24) is 20.0 Å². The second-order valence-corrected chi connectivity index (χ2v) is 7.10. The first-order valence-electron chi connectivity index (χ1n) is 8.72. The average molecular weight is 296 g/mol. The Hall–Kier alpha value is -0.200. The van der Waals surface area contributed by atoms with Crippen molar-refractivity contribution in [2.45, 2.75) is 38.0 Å². The van der Waals surface area contributed by atoms with Gasteiger partial charge in [-0.05, 0) is 39.9 Å². The summed E-state index contributed by atoms with van der Waals surface area (Å²) in [6, 6.07) is 0.830. The van der Waals surface area contributed by atoms with Crippen LogP contribution in [-0.2, 0) is 4.74 Å². The normalized spacial score (nSPS) is 35.1. The van der Waals surface area contributed by atoms with Gasteiger partial charge in [0.05, 0.1) is 12.2 Å². The van der Waals surface area contributed by atoms with Gasteiger partial charge in [-0.2, -0.15) is 0 Å². The maximum Gasteiger partial charge on any atom is 0.0830 e. The molecule has 3 rings (SSSR count). The Morgan fingerprint density at radius 2 is 1.71 bits per heavy atom. The molecular weight excluding hydrogens is 264 g/mol. The summed E-state index contributed by atoms with van der Waals surface area (Å²) in [5.41, 5.74) is 0. The van der Waals surface area contributed by atoms with Gasteiger partial charge in [-0.25, -0.2) is 0 Å². The molecule has 3 heterocycles. The predicted octanol–water partition coefficient (Wildman–Crippen LogP) is 0.0751. The molecule has 0 spiro atoms. The summed E-state index contributed by atoms with van der Waals surface area (Å²) in [6.45, 7) is 12.7. The molecule has 3 aliphatic rings. The quantitative estimate of drug-likeness (QED) is 0.797. The summed E-state index contributed by atoms with van der Waals surface area (Å²) in [5, 5.41) is 3.47. The maximum absolute atomic E-state index is 6.02. The lowest BCUT2D eigenvalue weighted by atomic mass is 10.0. The lowest BCUT2D eigenvalue weighted by Crippen LogP contribution is -2.55. The number of likely N-dealkylation sites (tertiary alicyclic amines) is 1. The molecule has 0 amide bonds. The molecule has 2 atom stereocenters. The summed E-state index contributed by atoms with van der Waals surface area (Å²) >= 11 is 0. The van der Waals surface area contributed by atoms with Gasteiger partial charge >= 0.3 is 0 Å². The number of rotatable bonds is 3.